The van der Waals surface area contributed by atoms with Crippen LogP contribution in [0.5, 0.6) is 0 Å². The van der Waals surface area contributed by atoms with Crippen molar-refractivity contribution in [3.8, 4) is 0 Å². The molecule has 3 rings (SSSR count). The lowest BCUT2D eigenvalue weighted by molar-refractivity contribution is 0.315. The van der Waals surface area contributed by atoms with Crippen molar-refractivity contribution in [3.05, 3.63) is 11.7 Å². The molecule has 1 unspecified atom stereocenters. The molecule has 1 aromatic heterocycles. The molecular weight excluding hydrogens is 228 g/mol. The van der Waals surface area contributed by atoms with Gasteiger partial charge < -0.3 is 14.7 Å². The second kappa shape index (κ2) is 5.80. The SMILES string of the molecule is C1CNCC(c2nc(CCN3CCCC3)no2)C1. The molecule has 0 amide bonds. The third kappa shape index (κ3) is 2.90. The molecule has 3 heterocycles. The van der Waals surface area contributed by atoms with Gasteiger partial charge in [-0.05, 0) is 45.3 Å². The average molecular weight is 250 g/mol. The summed E-state index contributed by atoms with van der Waals surface area (Å²) >= 11 is 0. The lowest BCUT2D eigenvalue weighted by Crippen LogP contribution is -2.28. The predicted molar refractivity (Wildman–Crippen MR) is 68.5 cm³/mol. The lowest BCUT2D eigenvalue weighted by Gasteiger charge is -2.18. The first kappa shape index (κ1) is 12.1. The minimum Gasteiger partial charge on any atom is -0.339 e. The summed E-state index contributed by atoms with van der Waals surface area (Å²) in [6.45, 7) is 5.64. The molecule has 2 fully saturated rings. The van der Waals surface area contributed by atoms with Crippen LogP contribution in [0.25, 0.3) is 0 Å². The van der Waals surface area contributed by atoms with E-state index in [1.165, 1.54) is 38.8 Å². The molecule has 18 heavy (non-hydrogen) atoms. The maximum Gasteiger partial charge on any atom is 0.231 e. The number of hydrogen-bond acceptors (Lipinski definition) is 5. The monoisotopic (exact) mass is 250 g/mol. The van der Waals surface area contributed by atoms with E-state index in [1.54, 1.807) is 0 Å². The minimum atomic E-state index is 0.423. The third-order valence-corrected chi connectivity index (χ3v) is 3.98. The van der Waals surface area contributed by atoms with Crippen molar-refractivity contribution in [2.75, 3.05) is 32.7 Å². The van der Waals surface area contributed by atoms with Crippen LogP contribution in [0.4, 0.5) is 0 Å². The molecule has 2 aliphatic rings. The molecule has 1 N–H and O–H groups in total. The van der Waals surface area contributed by atoms with Crippen molar-refractivity contribution in [1.29, 1.82) is 0 Å². The Kier molecular flexibility index (Phi) is 3.90. The molecule has 5 heteroatoms. The Morgan fingerprint density at radius 1 is 1.28 bits per heavy atom. The van der Waals surface area contributed by atoms with E-state index in [4.69, 9.17) is 4.52 Å². The summed E-state index contributed by atoms with van der Waals surface area (Å²) in [4.78, 5) is 7.03. The van der Waals surface area contributed by atoms with Gasteiger partial charge in [-0.15, -0.1) is 0 Å². The van der Waals surface area contributed by atoms with E-state index >= 15 is 0 Å². The smallest absolute Gasteiger partial charge is 0.231 e. The van der Waals surface area contributed by atoms with E-state index in [2.05, 4.69) is 20.4 Å². The van der Waals surface area contributed by atoms with Gasteiger partial charge in [0.1, 0.15) is 0 Å². The van der Waals surface area contributed by atoms with Crippen molar-refractivity contribution < 1.29 is 4.52 Å². The second-order valence-corrected chi connectivity index (χ2v) is 5.39. The first-order valence-electron chi connectivity index (χ1n) is 7.17. The number of likely N-dealkylation sites (tertiary alicyclic amines) is 1. The van der Waals surface area contributed by atoms with Crippen LogP contribution in [0, 0.1) is 0 Å². The summed E-state index contributed by atoms with van der Waals surface area (Å²) in [5.41, 5.74) is 0. The van der Waals surface area contributed by atoms with Gasteiger partial charge in [0, 0.05) is 19.5 Å². The van der Waals surface area contributed by atoms with Gasteiger partial charge in [0.25, 0.3) is 0 Å². The molecular formula is C13H22N4O. The number of hydrogen-bond donors (Lipinski definition) is 1. The fourth-order valence-corrected chi connectivity index (χ4v) is 2.86. The zero-order valence-corrected chi connectivity index (χ0v) is 10.9. The molecule has 5 nitrogen and oxygen atoms in total. The summed E-state index contributed by atoms with van der Waals surface area (Å²) in [5, 5.41) is 7.50. The number of nitrogens with zero attached hydrogens (tertiary/aromatic N) is 3. The van der Waals surface area contributed by atoms with Crippen LogP contribution in [-0.2, 0) is 6.42 Å². The van der Waals surface area contributed by atoms with Gasteiger partial charge in [0.05, 0.1) is 5.92 Å². The molecule has 0 radical (unpaired) electrons. The van der Waals surface area contributed by atoms with Crippen molar-refractivity contribution in [2.45, 2.75) is 38.0 Å². The molecule has 100 valence electrons. The fraction of sp³-hybridized carbons (Fsp3) is 0.846. The van der Waals surface area contributed by atoms with Crippen LogP contribution in [0.1, 0.15) is 43.3 Å². The van der Waals surface area contributed by atoms with E-state index in [0.29, 0.717) is 5.92 Å². The Bertz CT molecular complexity index is 367. The van der Waals surface area contributed by atoms with E-state index in [9.17, 15) is 0 Å². The molecule has 2 aliphatic heterocycles. The molecule has 1 atom stereocenters. The predicted octanol–water partition coefficient (Wildman–Crippen LogP) is 1.17. The highest BCUT2D eigenvalue weighted by Crippen LogP contribution is 2.21. The van der Waals surface area contributed by atoms with Crippen molar-refractivity contribution in [1.82, 2.24) is 20.4 Å². The molecule has 0 spiro atoms. The molecule has 0 aliphatic carbocycles. The van der Waals surface area contributed by atoms with Crippen LogP contribution in [0.15, 0.2) is 4.52 Å². The van der Waals surface area contributed by atoms with Crippen LogP contribution in [0.2, 0.25) is 0 Å². The van der Waals surface area contributed by atoms with Gasteiger partial charge in [-0.3, -0.25) is 0 Å². The fourth-order valence-electron chi connectivity index (χ4n) is 2.86. The van der Waals surface area contributed by atoms with Crippen LogP contribution in [0.3, 0.4) is 0 Å². The molecule has 0 aromatic carbocycles. The molecule has 2 saturated heterocycles. The highest BCUT2D eigenvalue weighted by molar-refractivity contribution is 4.97. The maximum absolute atomic E-state index is 5.40. The summed E-state index contributed by atoms with van der Waals surface area (Å²) in [6.07, 6.45) is 5.97. The Morgan fingerprint density at radius 3 is 2.94 bits per heavy atom. The molecule has 0 saturated carbocycles. The van der Waals surface area contributed by atoms with Crippen molar-refractivity contribution in [3.63, 3.8) is 0 Å². The van der Waals surface area contributed by atoms with Gasteiger partial charge >= 0.3 is 0 Å². The highest BCUT2D eigenvalue weighted by Gasteiger charge is 2.21. The number of piperidine rings is 1. The summed E-state index contributed by atoms with van der Waals surface area (Å²) < 4.78 is 5.40. The Labute approximate surface area is 108 Å². The zero-order valence-electron chi connectivity index (χ0n) is 10.9. The Hall–Kier alpha value is -0.940. The highest BCUT2D eigenvalue weighted by atomic mass is 16.5. The van der Waals surface area contributed by atoms with Crippen LogP contribution in [-0.4, -0.2) is 47.8 Å². The van der Waals surface area contributed by atoms with E-state index < -0.39 is 0 Å². The summed E-state index contributed by atoms with van der Waals surface area (Å²) in [5.74, 6) is 2.13. The first-order valence-corrected chi connectivity index (χ1v) is 7.17. The standard InChI is InChI=1S/C13H22N4O/c1-2-8-17(7-1)9-5-12-15-13(18-16-12)11-4-3-6-14-10-11/h11,14H,1-10H2. The second-order valence-electron chi connectivity index (χ2n) is 5.39. The van der Waals surface area contributed by atoms with Crippen molar-refractivity contribution >= 4 is 0 Å². The van der Waals surface area contributed by atoms with Crippen molar-refractivity contribution in [2.24, 2.45) is 0 Å². The van der Waals surface area contributed by atoms with Gasteiger partial charge in [-0.1, -0.05) is 5.16 Å². The zero-order chi connectivity index (χ0) is 12.2. The largest absolute Gasteiger partial charge is 0.339 e. The van der Waals surface area contributed by atoms with E-state index in [-0.39, 0.29) is 0 Å². The number of aromatic nitrogens is 2. The summed E-state index contributed by atoms with van der Waals surface area (Å²) in [6, 6.07) is 0. The molecule has 0 bridgehead atoms. The van der Waals surface area contributed by atoms with Crippen LogP contribution < -0.4 is 5.32 Å². The molecule has 1 aromatic rings. The summed E-state index contributed by atoms with van der Waals surface area (Å²) in [7, 11) is 0. The topological polar surface area (TPSA) is 54.2 Å². The van der Waals surface area contributed by atoms with Gasteiger partial charge in [0.15, 0.2) is 5.82 Å². The van der Waals surface area contributed by atoms with Gasteiger partial charge in [-0.2, -0.15) is 4.98 Å². The lowest BCUT2D eigenvalue weighted by atomic mass is 10.00. The van der Waals surface area contributed by atoms with E-state index in [0.717, 1.165) is 37.8 Å². The number of nitrogens with one attached hydrogen (secondary N) is 1. The Balaban J connectivity index is 1.52. The quantitative estimate of drug-likeness (QED) is 0.869. The van der Waals surface area contributed by atoms with Crippen LogP contribution >= 0.6 is 0 Å². The maximum atomic E-state index is 5.40. The third-order valence-electron chi connectivity index (χ3n) is 3.98. The normalized spacial score (nSPS) is 25.7. The van der Waals surface area contributed by atoms with E-state index in [1.807, 2.05) is 0 Å². The average Bonchev–Trinajstić information content (AvgIpc) is 3.09. The first-order chi connectivity index (χ1) is 8.92. The number of rotatable bonds is 4. The van der Waals surface area contributed by atoms with Gasteiger partial charge in [-0.25, -0.2) is 0 Å². The Morgan fingerprint density at radius 2 is 2.17 bits per heavy atom. The minimum absolute atomic E-state index is 0.423. The van der Waals surface area contributed by atoms with Gasteiger partial charge in [0.2, 0.25) is 5.89 Å².